The Bertz CT molecular complexity index is 808. The van der Waals surface area contributed by atoms with E-state index in [1.807, 2.05) is 6.26 Å². The number of nitrogens with zero attached hydrogens (tertiary/aromatic N) is 1. The number of hydrogen-bond donors (Lipinski definition) is 8. The van der Waals surface area contributed by atoms with E-state index in [1.54, 1.807) is 13.8 Å². The molecule has 0 aromatic heterocycles. The number of aliphatic carboxylic acids is 1. The molecule has 0 aromatic rings. The van der Waals surface area contributed by atoms with Gasteiger partial charge in [-0.3, -0.25) is 24.2 Å². The minimum atomic E-state index is -1.20. The number of carbonyl (C=O) groups excluding carboxylic acids is 4. The van der Waals surface area contributed by atoms with E-state index in [0.717, 1.165) is 0 Å². The first kappa shape index (κ1) is 33.9. The SMILES string of the molecule is CCC(C)C(NC(=O)C(CCSC)NC(=O)C(CCC(N)=O)NC(=O)C(N)CCCN=C(N)N)C(=O)O. The van der Waals surface area contributed by atoms with Crippen molar-refractivity contribution in [1.29, 1.82) is 0 Å². The predicted octanol–water partition coefficient (Wildman–Crippen LogP) is -2.03. The van der Waals surface area contributed by atoms with E-state index >= 15 is 0 Å². The predicted molar refractivity (Wildman–Crippen MR) is 142 cm³/mol. The molecule has 37 heavy (non-hydrogen) atoms. The molecular formula is C22H42N8O6S. The molecule has 0 bridgehead atoms. The van der Waals surface area contributed by atoms with Gasteiger partial charge in [-0.05, 0) is 43.6 Å². The number of primary amides is 1. The fraction of sp³-hybridized carbons (Fsp3) is 0.727. The van der Waals surface area contributed by atoms with Crippen LogP contribution in [0.4, 0.5) is 0 Å². The minimum absolute atomic E-state index is 0.0832. The Kier molecular flexibility index (Phi) is 16.7. The smallest absolute Gasteiger partial charge is 0.326 e. The number of nitrogens with one attached hydrogen (secondary N) is 3. The van der Waals surface area contributed by atoms with Crippen molar-refractivity contribution in [2.45, 2.75) is 76.5 Å². The van der Waals surface area contributed by atoms with E-state index < -0.39 is 53.8 Å². The highest BCUT2D eigenvalue weighted by atomic mass is 32.2. The molecule has 0 saturated carbocycles. The third-order valence-corrected chi connectivity index (χ3v) is 6.28. The molecule has 0 heterocycles. The summed E-state index contributed by atoms with van der Waals surface area (Å²) in [7, 11) is 0. The average Bonchev–Trinajstić information content (AvgIpc) is 2.83. The highest BCUT2D eigenvalue weighted by molar-refractivity contribution is 7.98. The summed E-state index contributed by atoms with van der Waals surface area (Å²) < 4.78 is 0. The Morgan fingerprint density at radius 3 is 2.00 bits per heavy atom. The molecule has 0 fully saturated rings. The first-order valence-electron chi connectivity index (χ1n) is 12.1. The lowest BCUT2D eigenvalue weighted by atomic mass is 9.98. The summed E-state index contributed by atoms with van der Waals surface area (Å²) in [4.78, 5) is 65.3. The van der Waals surface area contributed by atoms with Crippen molar-refractivity contribution < 1.29 is 29.1 Å². The van der Waals surface area contributed by atoms with E-state index in [2.05, 4.69) is 20.9 Å². The van der Waals surface area contributed by atoms with Crippen molar-refractivity contribution in [1.82, 2.24) is 16.0 Å². The first-order chi connectivity index (χ1) is 17.3. The normalized spacial score (nSPS) is 14.8. The zero-order valence-corrected chi connectivity index (χ0v) is 22.5. The molecule has 5 unspecified atom stereocenters. The molecule has 0 spiro atoms. The number of carbonyl (C=O) groups is 5. The van der Waals surface area contributed by atoms with Crippen LogP contribution in [0, 0.1) is 5.92 Å². The summed E-state index contributed by atoms with van der Waals surface area (Å²) in [6.07, 6.45) is 2.89. The maximum atomic E-state index is 13.1. The van der Waals surface area contributed by atoms with Crippen LogP contribution in [0.5, 0.6) is 0 Å². The lowest BCUT2D eigenvalue weighted by Crippen LogP contribution is -2.58. The van der Waals surface area contributed by atoms with E-state index in [1.165, 1.54) is 11.8 Å². The third kappa shape index (κ3) is 14.3. The summed E-state index contributed by atoms with van der Waals surface area (Å²) in [6, 6.07) is -4.36. The molecule has 0 aliphatic rings. The van der Waals surface area contributed by atoms with Crippen LogP contribution in [-0.4, -0.2) is 83.4 Å². The Labute approximate surface area is 221 Å². The molecule has 0 aliphatic heterocycles. The molecule has 4 amide bonds. The number of guanidine groups is 1. The molecule has 0 radical (unpaired) electrons. The first-order valence-corrected chi connectivity index (χ1v) is 13.4. The fourth-order valence-corrected chi connectivity index (χ4v) is 3.67. The Morgan fingerprint density at radius 1 is 0.919 bits per heavy atom. The van der Waals surface area contributed by atoms with Gasteiger partial charge in [0.15, 0.2) is 5.96 Å². The Morgan fingerprint density at radius 2 is 1.49 bits per heavy atom. The second-order valence-electron chi connectivity index (χ2n) is 8.67. The molecule has 0 saturated heterocycles. The minimum Gasteiger partial charge on any atom is -0.480 e. The van der Waals surface area contributed by atoms with E-state index in [0.29, 0.717) is 18.6 Å². The third-order valence-electron chi connectivity index (χ3n) is 5.64. The molecule has 5 atom stereocenters. The van der Waals surface area contributed by atoms with Crippen molar-refractivity contribution in [2.75, 3.05) is 18.6 Å². The van der Waals surface area contributed by atoms with Crippen molar-refractivity contribution in [3.05, 3.63) is 0 Å². The summed E-state index contributed by atoms with van der Waals surface area (Å²) in [5.74, 6) is -3.80. The monoisotopic (exact) mass is 546 g/mol. The molecule has 0 aliphatic carbocycles. The van der Waals surface area contributed by atoms with Crippen LogP contribution in [0.25, 0.3) is 0 Å². The number of carboxylic acid groups (broad SMARTS) is 1. The molecule has 212 valence electrons. The van der Waals surface area contributed by atoms with Crippen LogP contribution >= 0.6 is 11.8 Å². The quantitative estimate of drug-likeness (QED) is 0.0500. The number of nitrogens with two attached hydrogens (primary N) is 4. The molecule has 0 rings (SSSR count). The Hall–Kier alpha value is -3.07. The summed E-state index contributed by atoms with van der Waals surface area (Å²) in [5.41, 5.74) is 21.6. The average molecular weight is 547 g/mol. The van der Waals surface area contributed by atoms with Gasteiger partial charge in [0, 0.05) is 13.0 Å². The maximum Gasteiger partial charge on any atom is 0.326 e. The van der Waals surface area contributed by atoms with Gasteiger partial charge in [-0.15, -0.1) is 0 Å². The zero-order chi connectivity index (χ0) is 28.5. The van der Waals surface area contributed by atoms with Gasteiger partial charge in [-0.1, -0.05) is 20.3 Å². The molecular weight excluding hydrogens is 504 g/mol. The van der Waals surface area contributed by atoms with Gasteiger partial charge in [0.05, 0.1) is 6.04 Å². The molecule has 12 N–H and O–H groups in total. The standard InChI is InChI=1S/C22H42N8O6S/c1-4-12(2)17(21(35)36)30-20(34)15(9-11-37-3)29-19(33)14(7-8-16(24)31)28-18(32)13(23)6-5-10-27-22(25)26/h12-15,17H,4-11,23H2,1-3H3,(H2,24,31)(H,28,32)(H,29,33)(H,30,34)(H,35,36)(H4,25,26,27). The van der Waals surface area contributed by atoms with Gasteiger partial charge in [0.25, 0.3) is 0 Å². The van der Waals surface area contributed by atoms with Crippen LogP contribution in [0.3, 0.4) is 0 Å². The second kappa shape index (κ2) is 18.2. The van der Waals surface area contributed by atoms with E-state index in [-0.39, 0.29) is 44.1 Å². The van der Waals surface area contributed by atoms with Crippen molar-refractivity contribution >= 4 is 47.3 Å². The van der Waals surface area contributed by atoms with Crippen LogP contribution in [0.1, 0.15) is 52.4 Å². The molecule has 15 heteroatoms. The van der Waals surface area contributed by atoms with Crippen LogP contribution in [-0.2, 0) is 24.0 Å². The summed E-state index contributed by atoms with van der Waals surface area (Å²) in [6.45, 7) is 3.77. The van der Waals surface area contributed by atoms with Crippen LogP contribution < -0.4 is 38.9 Å². The summed E-state index contributed by atoms with van der Waals surface area (Å²) >= 11 is 1.44. The van der Waals surface area contributed by atoms with Gasteiger partial charge >= 0.3 is 5.97 Å². The lowest BCUT2D eigenvalue weighted by molar-refractivity contribution is -0.143. The number of carboxylic acids is 1. The van der Waals surface area contributed by atoms with Crippen LogP contribution in [0.15, 0.2) is 4.99 Å². The number of rotatable bonds is 19. The van der Waals surface area contributed by atoms with Crippen molar-refractivity contribution in [3.63, 3.8) is 0 Å². The lowest BCUT2D eigenvalue weighted by Gasteiger charge is -2.26. The number of thioether (sulfide) groups is 1. The van der Waals surface area contributed by atoms with Gasteiger partial charge in [-0.2, -0.15) is 11.8 Å². The van der Waals surface area contributed by atoms with Crippen molar-refractivity contribution in [2.24, 2.45) is 33.8 Å². The topological polar surface area (TPSA) is 258 Å². The zero-order valence-electron chi connectivity index (χ0n) is 21.7. The molecule has 14 nitrogen and oxygen atoms in total. The van der Waals surface area contributed by atoms with Crippen molar-refractivity contribution in [3.8, 4) is 0 Å². The summed E-state index contributed by atoms with van der Waals surface area (Å²) in [5, 5.41) is 17.1. The fourth-order valence-electron chi connectivity index (χ4n) is 3.20. The van der Waals surface area contributed by atoms with Gasteiger partial charge in [-0.25, -0.2) is 4.79 Å². The highest BCUT2D eigenvalue weighted by Crippen LogP contribution is 2.10. The largest absolute Gasteiger partial charge is 0.480 e. The number of aliphatic imine (C=N–C) groups is 1. The maximum absolute atomic E-state index is 13.1. The molecule has 0 aromatic carbocycles. The van der Waals surface area contributed by atoms with Gasteiger partial charge in [0.1, 0.15) is 18.1 Å². The van der Waals surface area contributed by atoms with Crippen LogP contribution in [0.2, 0.25) is 0 Å². The van der Waals surface area contributed by atoms with E-state index in [4.69, 9.17) is 22.9 Å². The number of amides is 4. The van der Waals surface area contributed by atoms with E-state index in [9.17, 15) is 29.1 Å². The van der Waals surface area contributed by atoms with Gasteiger partial charge in [0.2, 0.25) is 23.6 Å². The van der Waals surface area contributed by atoms with Gasteiger partial charge < -0.3 is 44.0 Å². The number of hydrogen-bond acceptors (Lipinski definition) is 8. The Balaban J connectivity index is 5.49. The highest BCUT2D eigenvalue weighted by Gasteiger charge is 2.31. The second-order valence-corrected chi connectivity index (χ2v) is 9.66.